The van der Waals surface area contributed by atoms with E-state index in [0.29, 0.717) is 5.75 Å². The van der Waals surface area contributed by atoms with Gasteiger partial charge in [0.15, 0.2) is 0 Å². The molecule has 1 aliphatic heterocycles. The van der Waals surface area contributed by atoms with Crippen molar-refractivity contribution in [2.45, 2.75) is 43.2 Å². The van der Waals surface area contributed by atoms with Crippen LogP contribution in [0.2, 0.25) is 0 Å². The van der Waals surface area contributed by atoms with E-state index >= 15 is 0 Å². The van der Waals surface area contributed by atoms with Crippen molar-refractivity contribution >= 4 is 10.9 Å². The molecule has 5 rings (SSSR count). The number of aromatic nitrogens is 1. The molecular formula is C24H28N2O2. The van der Waals surface area contributed by atoms with Crippen molar-refractivity contribution in [3.05, 3.63) is 65.4 Å². The predicted molar refractivity (Wildman–Crippen MR) is 112 cm³/mol. The van der Waals surface area contributed by atoms with Crippen molar-refractivity contribution in [1.82, 2.24) is 9.88 Å². The second-order valence-electron chi connectivity index (χ2n) is 8.59. The molecule has 0 atom stereocenters. The molecule has 0 amide bonds. The number of rotatable bonds is 2. The number of phenols is 1. The maximum atomic E-state index is 10.0. The van der Waals surface area contributed by atoms with E-state index in [0.717, 1.165) is 38.7 Å². The molecular weight excluding hydrogens is 348 g/mol. The van der Waals surface area contributed by atoms with E-state index in [1.807, 2.05) is 12.1 Å². The highest BCUT2D eigenvalue weighted by Gasteiger charge is 2.49. The summed E-state index contributed by atoms with van der Waals surface area (Å²) in [6, 6.07) is 16.4. The van der Waals surface area contributed by atoms with Crippen LogP contribution in [0.15, 0.2) is 48.5 Å². The molecule has 0 unspecified atom stereocenters. The first-order chi connectivity index (χ1) is 13.5. The van der Waals surface area contributed by atoms with Gasteiger partial charge in [0, 0.05) is 16.4 Å². The number of hydrogen-bond acceptors (Lipinski definition) is 3. The number of ether oxygens (including phenoxy) is 1. The van der Waals surface area contributed by atoms with Crippen LogP contribution in [0.1, 0.15) is 42.5 Å². The molecule has 2 aliphatic rings. The summed E-state index contributed by atoms with van der Waals surface area (Å²) < 4.78 is 6.50. The maximum Gasteiger partial charge on any atom is 0.115 e. The van der Waals surface area contributed by atoms with Gasteiger partial charge in [0.05, 0.1) is 12.3 Å². The van der Waals surface area contributed by atoms with Gasteiger partial charge in [0.25, 0.3) is 0 Å². The van der Waals surface area contributed by atoms with Crippen molar-refractivity contribution in [2.75, 3.05) is 20.7 Å². The molecule has 0 radical (unpaired) electrons. The summed E-state index contributed by atoms with van der Waals surface area (Å²) in [6.07, 6.45) is 4.92. The van der Waals surface area contributed by atoms with Crippen LogP contribution in [0.4, 0.5) is 0 Å². The Hall–Kier alpha value is -2.30. The molecule has 4 heteroatoms. The quantitative estimate of drug-likeness (QED) is 0.683. The van der Waals surface area contributed by atoms with Gasteiger partial charge < -0.3 is 14.8 Å². The zero-order valence-electron chi connectivity index (χ0n) is 16.7. The van der Waals surface area contributed by atoms with Gasteiger partial charge >= 0.3 is 0 Å². The average molecular weight is 377 g/mol. The minimum atomic E-state index is -0.219. The van der Waals surface area contributed by atoms with Gasteiger partial charge in [-0.3, -0.25) is 4.90 Å². The van der Waals surface area contributed by atoms with E-state index < -0.39 is 0 Å². The monoisotopic (exact) mass is 376 g/mol. The molecule has 146 valence electrons. The number of phenolic OH excluding ortho intramolecular Hbond substituents is 1. The van der Waals surface area contributed by atoms with Crippen LogP contribution in [0.5, 0.6) is 5.75 Å². The highest BCUT2D eigenvalue weighted by molar-refractivity contribution is 5.85. The Bertz CT molecular complexity index is 1010. The van der Waals surface area contributed by atoms with Crippen LogP contribution >= 0.6 is 0 Å². The van der Waals surface area contributed by atoms with Crippen LogP contribution in [0, 0.1) is 0 Å². The summed E-state index contributed by atoms with van der Waals surface area (Å²) in [7, 11) is 4.30. The Labute approximate surface area is 166 Å². The highest BCUT2D eigenvalue weighted by atomic mass is 16.5. The zero-order chi connectivity index (χ0) is 19.4. The van der Waals surface area contributed by atoms with Gasteiger partial charge in [-0.15, -0.1) is 0 Å². The van der Waals surface area contributed by atoms with Gasteiger partial charge in [0.1, 0.15) is 11.4 Å². The Morgan fingerprint density at radius 2 is 1.79 bits per heavy atom. The Morgan fingerprint density at radius 1 is 1.00 bits per heavy atom. The lowest BCUT2D eigenvalue weighted by Crippen LogP contribution is -2.50. The Balaban J connectivity index is 1.53. The molecule has 1 aromatic heterocycles. The van der Waals surface area contributed by atoms with Crippen molar-refractivity contribution in [3.63, 3.8) is 0 Å². The summed E-state index contributed by atoms with van der Waals surface area (Å²) in [4.78, 5) is 6.03. The molecule has 0 bridgehead atoms. The third-order valence-corrected chi connectivity index (χ3v) is 7.12. The van der Waals surface area contributed by atoms with Crippen LogP contribution in [-0.4, -0.2) is 35.7 Å². The van der Waals surface area contributed by atoms with Gasteiger partial charge in [-0.2, -0.15) is 0 Å². The van der Waals surface area contributed by atoms with Gasteiger partial charge in [-0.25, -0.2) is 0 Å². The highest BCUT2D eigenvalue weighted by Crippen LogP contribution is 2.52. The van der Waals surface area contributed by atoms with Crippen LogP contribution in [0.25, 0.3) is 10.9 Å². The van der Waals surface area contributed by atoms with Gasteiger partial charge in [-0.1, -0.05) is 30.3 Å². The molecule has 1 spiro atoms. The third-order valence-electron chi connectivity index (χ3n) is 7.12. The lowest BCUT2D eigenvalue weighted by Gasteiger charge is -2.50. The standard InChI is InChI=1S/C24H28N2O2/c1-26(2)23(17-6-5-7-18(27)16-17)11-13-24(14-12-23)22-20(10-15-28-24)19-8-3-4-9-21(19)25-22/h3-9,16,25,27H,10-15H2,1-2H3. The fraction of sp³-hybridized carbons (Fsp3) is 0.417. The van der Waals surface area contributed by atoms with E-state index in [4.69, 9.17) is 4.74 Å². The normalized spacial score (nSPS) is 27.4. The van der Waals surface area contributed by atoms with Crippen LogP contribution < -0.4 is 0 Å². The molecule has 28 heavy (non-hydrogen) atoms. The molecule has 1 aliphatic carbocycles. The molecule has 1 fully saturated rings. The molecule has 4 nitrogen and oxygen atoms in total. The van der Waals surface area contributed by atoms with Crippen molar-refractivity contribution < 1.29 is 9.84 Å². The summed E-state index contributed by atoms with van der Waals surface area (Å²) in [5, 5.41) is 11.4. The number of aromatic hydroxyl groups is 1. The molecule has 2 heterocycles. The second-order valence-corrected chi connectivity index (χ2v) is 8.59. The summed E-state index contributed by atoms with van der Waals surface area (Å²) in [5.41, 5.74) is 4.86. The van der Waals surface area contributed by atoms with Crippen molar-refractivity contribution in [3.8, 4) is 5.75 Å². The average Bonchev–Trinajstić information content (AvgIpc) is 3.09. The number of nitrogens with one attached hydrogen (secondary N) is 1. The SMILES string of the molecule is CN(C)C1(c2cccc(O)c2)CCC2(CC1)OCCc1c2[nH]c2ccccc12. The Kier molecular flexibility index (Phi) is 4.04. The number of nitrogens with zero attached hydrogens (tertiary/aromatic N) is 1. The van der Waals surface area contributed by atoms with E-state index in [2.05, 4.69) is 54.3 Å². The smallest absolute Gasteiger partial charge is 0.115 e. The minimum absolute atomic E-state index is 0.0724. The molecule has 3 aromatic rings. The van der Waals surface area contributed by atoms with E-state index in [9.17, 15) is 5.11 Å². The first-order valence-corrected chi connectivity index (χ1v) is 10.3. The number of aromatic amines is 1. The first-order valence-electron chi connectivity index (χ1n) is 10.3. The first kappa shape index (κ1) is 17.8. The lowest BCUT2D eigenvalue weighted by atomic mass is 9.68. The lowest BCUT2D eigenvalue weighted by molar-refractivity contribution is -0.113. The van der Waals surface area contributed by atoms with Crippen LogP contribution in [0.3, 0.4) is 0 Å². The molecule has 2 aromatic carbocycles. The van der Waals surface area contributed by atoms with E-state index in [1.54, 1.807) is 6.07 Å². The van der Waals surface area contributed by atoms with E-state index in [1.165, 1.54) is 27.7 Å². The summed E-state index contributed by atoms with van der Waals surface area (Å²) >= 11 is 0. The van der Waals surface area contributed by atoms with Crippen LogP contribution in [-0.2, 0) is 22.3 Å². The molecule has 2 N–H and O–H groups in total. The number of H-pyrrole nitrogens is 1. The number of para-hydroxylation sites is 1. The predicted octanol–water partition coefficient (Wildman–Crippen LogP) is 4.67. The fourth-order valence-corrected chi connectivity index (χ4v) is 5.52. The Morgan fingerprint density at radius 3 is 2.54 bits per heavy atom. The number of benzene rings is 2. The second kappa shape index (κ2) is 6.36. The maximum absolute atomic E-state index is 10.0. The topological polar surface area (TPSA) is 48.5 Å². The fourth-order valence-electron chi connectivity index (χ4n) is 5.52. The molecule has 1 saturated carbocycles. The van der Waals surface area contributed by atoms with Crippen molar-refractivity contribution in [1.29, 1.82) is 0 Å². The molecule has 0 saturated heterocycles. The number of hydrogen-bond donors (Lipinski definition) is 2. The van der Waals surface area contributed by atoms with E-state index in [-0.39, 0.29) is 11.1 Å². The third kappa shape index (κ3) is 2.51. The largest absolute Gasteiger partial charge is 0.508 e. The number of fused-ring (bicyclic) bond motifs is 4. The zero-order valence-corrected chi connectivity index (χ0v) is 16.7. The van der Waals surface area contributed by atoms with Gasteiger partial charge in [0.2, 0.25) is 0 Å². The summed E-state index contributed by atoms with van der Waals surface area (Å²) in [5.74, 6) is 0.339. The summed E-state index contributed by atoms with van der Waals surface area (Å²) in [6.45, 7) is 0.788. The van der Waals surface area contributed by atoms with Crippen molar-refractivity contribution in [2.24, 2.45) is 0 Å². The van der Waals surface area contributed by atoms with Gasteiger partial charge in [-0.05, 0) is 75.5 Å². The minimum Gasteiger partial charge on any atom is -0.508 e.